The van der Waals surface area contributed by atoms with Gasteiger partial charge in [0.1, 0.15) is 11.5 Å². The van der Waals surface area contributed by atoms with E-state index in [1.165, 1.54) is 11.1 Å². The van der Waals surface area contributed by atoms with Gasteiger partial charge < -0.3 is 9.47 Å². The summed E-state index contributed by atoms with van der Waals surface area (Å²) in [4.78, 5) is 22.3. The second kappa shape index (κ2) is 9.73. The van der Waals surface area contributed by atoms with Crippen LogP contribution in [0.15, 0.2) is 54.9 Å². The van der Waals surface area contributed by atoms with E-state index < -0.39 is 11.9 Å². The third kappa shape index (κ3) is 5.17. The van der Waals surface area contributed by atoms with Crippen LogP contribution < -0.4 is 14.4 Å². The Kier molecular flexibility index (Phi) is 7.07. The van der Waals surface area contributed by atoms with Crippen molar-refractivity contribution in [3.63, 3.8) is 0 Å². The lowest BCUT2D eigenvalue weighted by Gasteiger charge is -2.24. The Bertz CT molecular complexity index is 1030. The molecule has 156 valence electrons. The highest BCUT2D eigenvalue weighted by Crippen LogP contribution is 2.27. The van der Waals surface area contributed by atoms with Crippen LogP contribution in [0.5, 0.6) is 17.4 Å². The third-order valence-corrected chi connectivity index (χ3v) is 4.55. The first kappa shape index (κ1) is 21.8. The summed E-state index contributed by atoms with van der Waals surface area (Å²) in [5.41, 5.74) is 0. The van der Waals surface area contributed by atoms with Crippen molar-refractivity contribution in [3.05, 3.63) is 70.7 Å². The van der Waals surface area contributed by atoms with Crippen molar-refractivity contribution in [2.24, 2.45) is 0 Å². The topological polar surface area (TPSA) is 64.6 Å². The monoisotopic (exact) mass is 449 g/mol. The van der Waals surface area contributed by atoms with E-state index >= 15 is 0 Å². The van der Waals surface area contributed by atoms with Gasteiger partial charge in [-0.3, -0.25) is 9.69 Å². The summed E-state index contributed by atoms with van der Waals surface area (Å²) < 4.78 is 24.9. The van der Waals surface area contributed by atoms with Gasteiger partial charge in [0.15, 0.2) is 17.7 Å². The Balaban J connectivity index is 1.67. The molecule has 0 saturated heterocycles. The van der Waals surface area contributed by atoms with Crippen LogP contribution in [0, 0.1) is 5.82 Å². The largest absolute Gasteiger partial charge is 0.481 e. The van der Waals surface area contributed by atoms with Gasteiger partial charge in [0.2, 0.25) is 0 Å². The molecule has 0 N–H and O–H groups in total. The number of hydrogen-bond donors (Lipinski definition) is 0. The van der Waals surface area contributed by atoms with Crippen molar-refractivity contribution < 1.29 is 18.7 Å². The van der Waals surface area contributed by atoms with E-state index in [0.29, 0.717) is 28.9 Å². The molecule has 3 rings (SSSR count). The minimum absolute atomic E-state index is 0.176. The molecule has 1 aromatic carbocycles. The predicted molar refractivity (Wildman–Crippen MR) is 113 cm³/mol. The quantitative estimate of drug-likeness (QED) is 0.473. The number of benzene rings is 1. The van der Waals surface area contributed by atoms with Crippen LogP contribution in [0.2, 0.25) is 10.0 Å². The van der Waals surface area contributed by atoms with Gasteiger partial charge in [-0.25, -0.2) is 14.4 Å². The molecule has 1 amide bonds. The number of hydrogen-bond acceptors (Lipinski definition) is 5. The summed E-state index contributed by atoms with van der Waals surface area (Å²) in [6.07, 6.45) is 2.07. The molecule has 3 aromatic rings. The number of aromatic nitrogens is 2. The van der Waals surface area contributed by atoms with E-state index in [9.17, 15) is 9.18 Å². The first-order valence-corrected chi connectivity index (χ1v) is 9.82. The predicted octanol–water partition coefficient (Wildman–Crippen LogP) is 5.54. The lowest BCUT2D eigenvalue weighted by Crippen LogP contribution is -2.41. The van der Waals surface area contributed by atoms with E-state index in [1.807, 2.05) is 6.92 Å². The lowest BCUT2D eigenvalue weighted by molar-refractivity contribution is -0.124. The van der Waals surface area contributed by atoms with E-state index in [-0.39, 0.29) is 16.8 Å². The highest BCUT2D eigenvalue weighted by atomic mass is 35.5. The number of pyridine rings is 2. The first-order valence-electron chi connectivity index (χ1n) is 9.06. The van der Waals surface area contributed by atoms with Gasteiger partial charge in [0, 0.05) is 18.9 Å². The molecule has 0 radical (unpaired) electrons. The van der Waals surface area contributed by atoms with Gasteiger partial charge in [-0.1, -0.05) is 23.2 Å². The summed E-state index contributed by atoms with van der Waals surface area (Å²) in [6, 6.07) is 10.8. The van der Waals surface area contributed by atoms with Crippen LogP contribution >= 0.6 is 23.2 Å². The normalized spacial score (nSPS) is 11.6. The maximum atomic E-state index is 13.8. The van der Waals surface area contributed by atoms with Gasteiger partial charge in [-0.15, -0.1) is 0 Å². The fourth-order valence-corrected chi connectivity index (χ4v) is 3.00. The molecule has 9 heteroatoms. The lowest BCUT2D eigenvalue weighted by atomic mass is 10.3. The van der Waals surface area contributed by atoms with Gasteiger partial charge in [0.25, 0.3) is 11.8 Å². The molecule has 0 saturated carbocycles. The van der Waals surface area contributed by atoms with E-state index in [4.69, 9.17) is 32.7 Å². The van der Waals surface area contributed by atoms with Crippen molar-refractivity contribution in [3.8, 4) is 17.4 Å². The Hall–Kier alpha value is -2.90. The van der Waals surface area contributed by atoms with Gasteiger partial charge in [0.05, 0.1) is 10.0 Å². The molecule has 0 bridgehead atoms. The van der Waals surface area contributed by atoms with Gasteiger partial charge in [-0.05, 0) is 56.3 Å². The van der Waals surface area contributed by atoms with Crippen LogP contribution in [-0.4, -0.2) is 28.5 Å². The number of carbonyl (C=O) groups excluding carboxylic acids is 1. The number of ether oxygens (including phenoxy) is 2. The zero-order chi connectivity index (χ0) is 21.7. The van der Waals surface area contributed by atoms with E-state index in [0.717, 1.165) is 6.07 Å². The summed E-state index contributed by atoms with van der Waals surface area (Å²) in [7, 11) is 0. The molecular weight excluding hydrogens is 432 g/mol. The molecule has 0 aliphatic carbocycles. The second-order valence-electron chi connectivity index (χ2n) is 6.17. The first-order chi connectivity index (χ1) is 14.4. The summed E-state index contributed by atoms with van der Waals surface area (Å²) >= 11 is 11.8. The number of anilines is 1. The molecule has 1 atom stereocenters. The number of likely N-dealkylation sites (N-methyl/N-ethyl adjacent to an activating group) is 1. The molecule has 6 nitrogen and oxygen atoms in total. The maximum Gasteiger partial charge on any atom is 0.268 e. The number of halogens is 3. The van der Waals surface area contributed by atoms with E-state index in [1.54, 1.807) is 49.5 Å². The molecule has 0 spiro atoms. The Morgan fingerprint density at radius 2 is 1.87 bits per heavy atom. The second-order valence-corrected chi connectivity index (χ2v) is 7.01. The van der Waals surface area contributed by atoms with Crippen LogP contribution in [0.25, 0.3) is 0 Å². The summed E-state index contributed by atoms with van der Waals surface area (Å²) in [5, 5.41) is 0.555. The molecule has 0 aliphatic heterocycles. The van der Waals surface area contributed by atoms with Crippen LogP contribution in [0.4, 0.5) is 10.2 Å². The molecular formula is C21H18Cl2FN3O3. The standard InChI is InChI=1S/C21H18Cl2FN3O3/c1-3-27(19-17(23)5-4-10-25-19)21(28)13(2)29-15-6-8-16(9-7-15)30-20-18(24)11-14(22)12-26-20/h4-13H,3H2,1-2H3. The number of amides is 1. The molecule has 0 aliphatic rings. The van der Waals surface area contributed by atoms with E-state index in [2.05, 4.69) is 9.97 Å². The zero-order valence-corrected chi connectivity index (χ0v) is 17.7. The minimum atomic E-state index is -0.787. The van der Waals surface area contributed by atoms with Crippen molar-refractivity contribution in [1.82, 2.24) is 9.97 Å². The van der Waals surface area contributed by atoms with Crippen molar-refractivity contribution >= 4 is 34.9 Å². The van der Waals surface area contributed by atoms with Crippen LogP contribution in [0.3, 0.4) is 0 Å². The fourth-order valence-electron chi connectivity index (χ4n) is 2.63. The average Bonchev–Trinajstić information content (AvgIpc) is 2.73. The number of rotatable bonds is 7. The molecule has 30 heavy (non-hydrogen) atoms. The average molecular weight is 450 g/mol. The molecule has 2 heterocycles. The number of carbonyl (C=O) groups is 1. The highest BCUT2D eigenvalue weighted by Gasteiger charge is 2.24. The van der Waals surface area contributed by atoms with Crippen LogP contribution in [-0.2, 0) is 4.79 Å². The molecule has 2 aromatic heterocycles. The molecule has 1 unspecified atom stereocenters. The zero-order valence-electron chi connectivity index (χ0n) is 16.2. The van der Waals surface area contributed by atoms with Crippen LogP contribution in [0.1, 0.15) is 13.8 Å². The Labute approximate surface area is 183 Å². The Morgan fingerprint density at radius 1 is 1.17 bits per heavy atom. The fraction of sp³-hybridized carbons (Fsp3) is 0.190. The van der Waals surface area contributed by atoms with Gasteiger partial charge in [-0.2, -0.15) is 0 Å². The van der Waals surface area contributed by atoms with Gasteiger partial charge >= 0.3 is 0 Å². The SMILES string of the molecule is CCN(C(=O)C(C)Oc1ccc(Oc2ncc(Cl)cc2F)cc1)c1ncccc1Cl. The smallest absolute Gasteiger partial charge is 0.268 e. The summed E-state index contributed by atoms with van der Waals surface area (Å²) in [6.45, 7) is 3.85. The third-order valence-electron chi connectivity index (χ3n) is 4.05. The maximum absolute atomic E-state index is 13.8. The minimum Gasteiger partial charge on any atom is -0.481 e. The summed E-state index contributed by atoms with van der Waals surface area (Å²) in [5.74, 6) is 0.0213. The molecule has 0 fully saturated rings. The van der Waals surface area contributed by atoms with Crippen molar-refractivity contribution in [2.45, 2.75) is 20.0 Å². The van der Waals surface area contributed by atoms with Crippen molar-refractivity contribution in [1.29, 1.82) is 0 Å². The van der Waals surface area contributed by atoms with Crippen molar-refractivity contribution in [2.75, 3.05) is 11.4 Å². The Morgan fingerprint density at radius 3 is 2.50 bits per heavy atom. The highest BCUT2D eigenvalue weighted by molar-refractivity contribution is 6.33. The number of nitrogens with zero attached hydrogens (tertiary/aromatic N) is 3.